The third-order valence-electron chi connectivity index (χ3n) is 3.92. The Labute approximate surface area is 170 Å². The SMILES string of the molecule is CC(C)CC(NC(=O)OCc1ccccc1)C(=O)c1noc(OCCN(C)C)n1. The number of aromatic nitrogens is 2. The number of nitrogens with zero attached hydrogens (tertiary/aromatic N) is 3. The van der Waals surface area contributed by atoms with E-state index in [4.69, 9.17) is 14.0 Å². The molecule has 158 valence electrons. The van der Waals surface area contributed by atoms with Crippen molar-refractivity contribution in [3.05, 3.63) is 41.7 Å². The molecule has 0 aliphatic rings. The first-order valence-electron chi connectivity index (χ1n) is 9.47. The van der Waals surface area contributed by atoms with E-state index >= 15 is 0 Å². The van der Waals surface area contributed by atoms with Crippen molar-refractivity contribution in [2.45, 2.75) is 32.9 Å². The predicted octanol–water partition coefficient (Wildman–Crippen LogP) is 2.53. The first kappa shape index (κ1) is 22.4. The number of hydrogen-bond acceptors (Lipinski definition) is 8. The fourth-order valence-electron chi connectivity index (χ4n) is 2.45. The molecule has 0 saturated heterocycles. The Balaban J connectivity index is 1.94. The van der Waals surface area contributed by atoms with Crippen molar-refractivity contribution < 1.29 is 23.6 Å². The maximum Gasteiger partial charge on any atom is 0.417 e. The molecule has 29 heavy (non-hydrogen) atoms. The lowest BCUT2D eigenvalue weighted by molar-refractivity contribution is 0.0889. The van der Waals surface area contributed by atoms with Gasteiger partial charge in [-0.25, -0.2) is 4.79 Å². The summed E-state index contributed by atoms with van der Waals surface area (Å²) in [6, 6.07) is 8.46. The van der Waals surface area contributed by atoms with Crippen molar-refractivity contribution in [3.63, 3.8) is 0 Å². The molecule has 1 unspecified atom stereocenters. The average molecular weight is 404 g/mol. The molecule has 9 nitrogen and oxygen atoms in total. The van der Waals surface area contributed by atoms with Gasteiger partial charge >= 0.3 is 12.2 Å². The Hall–Kier alpha value is -2.94. The molecule has 1 atom stereocenters. The number of benzene rings is 1. The summed E-state index contributed by atoms with van der Waals surface area (Å²) in [5, 5.41) is 6.28. The molecule has 2 aromatic rings. The maximum atomic E-state index is 12.8. The van der Waals surface area contributed by atoms with E-state index in [9.17, 15) is 9.59 Å². The van der Waals surface area contributed by atoms with Gasteiger partial charge in [0.25, 0.3) is 0 Å². The minimum atomic E-state index is -0.828. The van der Waals surface area contributed by atoms with Crippen LogP contribution < -0.4 is 10.1 Å². The normalized spacial score (nSPS) is 12.1. The van der Waals surface area contributed by atoms with Crippen molar-refractivity contribution >= 4 is 11.9 Å². The van der Waals surface area contributed by atoms with Crippen molar-refractivity contribution in [1.29, 1.82) is 0 Å². The smallest absolute Gasteiger partial charge is 0.417 e. The average Bonchev–Trinajstić information content (AvgIpc) is 3.14. The van der Waals surface area contributed by atoms with Crippen LogP contribution in [0, 0.1) is 5.92 Å². The molecule has 0 aliphatic carbocycles. The van der Waals surface area contributed by atoms with Crippen LogP contribution in [0.5, 0.6) is 6.08 Å². The Morgan fingerprint density at radius 3 is 2.59 bits per heavy atom. The van der Waals surface area contributed by atoms with E-state index in [1.54, 1.807) is 0 Å². The van der Waals surface area contributed by atoms with Crippen LogP contribution in [0.1, 0.15) is 36.5 Å². The number of nitrogens with one attached hydrogen (secondary N) is 1. The third-order valence-corrected chi connectivity index (χ3v) is 3.92. The second-order valence-corrected chi connectivity index (χ2v) is 7.29. The number of ketones is 1. The largest absolute Gasteiger partial charge is 0.447 e. The molecule has 1 aromatic heterocycles. The maximum absolute atomic E-state index is 12.8. The van der Waals surface area contributed by atoms with Crippen molar-refractivity contribution in [3.8, 4) is 6.08 Å². The number of Topliss-reactive ketones (excluding diaryl/α,β-unsaturated/α-hetero) is 1. The summed E-state index contributed by atoms with van der Waals surface area (Å²) in [5.41, 5.74) is 0.854. The predicted molar refractivity (Wildman–Crippen MR) is 106 cm³/mol. The standard InChI is InChI=1S/C20H28N4O5/c1-14(2)12-16(21-19(26)28-13-15-8-6-5-7-9-15)17(25)18-22-20(29-23-18)27-11-10-24(3)4/h5-9,14,16H,10-13H2,1-4H3,(H,21,26). The highest BCUT2D eigenvalue weighted by Crippen LogP contribution is 2.13. The number of alkyl carbamates (subject to hydrolysis) is 1. The number of likely N-dealkylation sites (N-methyl/N-ethyl adjacent to an activating group) is 1. The van der Waals surface area contributed by atoms with Gasteiger partial charge < -0.3 is 19.7 Å². The van der Waals surface area contributed by atoms with Gasteiger partial charge in [-0.05, 0) is 37.2 Å². The summed E-state index contributed by atoms with van der Waals surface area (Å²) in [5.74, 6) is -0.443. The minimum Gasteiger partial charge on any atom is -0.447 e. The van der Waals surface area contributed by atoms with Crippen LogP contribution in [0.3, 0.4) is 0 Å². The number of carbonyl (C=O) groups excluding carboxylic acids is 2. The summed E-state index contributed by atoms with van der Waals surface area (Å²) in [6.45, 7) is 5.02. The summed E-state index contributed by atoms with van der Waals surface area (Å²) < 4.78 is 15.5. The summed E-state index contributed by atoms with van der Waals surface area (Å²) >= 11 is 0. The van der Waals surface area contributed by atoms with Crippen molar-refractivity contribution in [2.24, 2.45) is 5.92 Å². The molecule has 0 saturated carbocycles. The van der Waals surface area contributed by atoms with Gasteiger partial charge in [-0.3, -0.25) is 9.32 Å². The highest BCUT2D eigenvalue weighted by Gasteiger charge is 2.28. The van der Waals surface area contributed by atoms with E-state index in [1.807, 2.05) is 63.2 Å². The quantitative estimate of drug-likeness (QED) is 0.570. The highest BCUT2D eigenvalue weighted by atomic mass is 16.6. The van der Waals surface area contributed by atoms with Crippen LogP contribution >= 0.6 is 0 Å². The number of ether oxygens (including phenoxy) is 2. The van der Waals surface area contributed by atoms with E-state index in [-0.39, 0.29) is 24.4 Å². The van der Waals surface area contributed by atoms with Gasteiger partial charge in [0.05, 0.1) is 6.04 Å². The van der Waals surface area contributed by atoms with Crippen LogP contribution in [0.2, 0.25) is 0 Å². The number of amides is 1. The molecule has 0 spiro atoms. The molecule has 0 bridgehead atoms. The second kappa shape index (κ2) is 11.2. The van der Waals surface area contributed by atoms with Crippen LogP contribution in [-0.2, 0) is 11.3 Å². The van der Waals surface area contributed by atoms with Crippen LogP contribution in [0.25, 0.3) is 0 Å². The van der Waals surface area contributed by atoms with Gasteiger partial charge in [0.15, 0.2) is 0 Å². The lowest BCUT2D eigenvalue weighted by atomic mass is 10.00. The summed E-state index contributed by atoms with van der Waals surface area (Å²) in [7, 11) is 3.82. The minimum absolute atomic E-state index is 0.0786. The van der Waals surface area contributed by atoms with E-state index < -0.39 is 17.9 Å². The molecular weight excluding hydrogens is 376 g/mol. The molecule has 0 aliphatic heterocycles. The topological polar surface area (TPSA) is 107 Å². The van der Waals surface area contributed by atoms with Gasteiger partial charge in [0.2, 0.25) is 11.6 Å². The first-order chi connectivity index (χ1) is 13.8. The number of rotatable bonds is 11. The van der Waals surface area contributed by atoms with Gasteiger partial charge in [-0.1, -0.05) is 44.2 Å². The zero-order chi connectivity index (χ0) is 21.2. The van der Waals surface area contributed by atoms with Crippen LogP contribution in [0.4, 0.5) is 4.79 Å². The fourth-order valence-corrected chi connectivity index (χ4v) is 2.45. The van der Waals surface area contributed by atoms with Crippen molar-refractivity contribution in [1.82, 2.24) is 20.4 Å². The van der Waals surface area contributed by atoms with Crippen molar-refractivity contribution in [2.75, 3.05) is 27.2 Å². The fraction of sp³-hybridized carbons (Fsp3) is 0.500. The molecule has 9 heteroatoms. The molecule has 1 aromatic carbocycles. The second-order valence-electron chi connectivity index (χ2n) is 7.29. The number of hydrogen-bond donors (Lipinski definition) is 1. The molecular formula is C20H28N4O5. The lowest BCUT2D eigenvalue weighted by Crippen LogP contribution is -2.42. The van der Waals surface area contributed by atoms with E-state index in [0.29, 0.717) is 19.6 Å². The summed E-state index contributed by atoms with van der Waals surface area (Å²) in [4.78, 5) is 30.9. The van der Waals surface area contributed by atoms with E-state index in [1.165, 1.54) is 0 Å². The zero-order valence-electron chi connectivity index (χ0n) is 17.3. The molecule has 1 N–H and O–H groups in total. The van der Waals surface area contributed by atoms with Crippen LogP contribution in [0.15, 0.2) is 34.9 Å². The van der Waals surface area contributed by atoms with Gasteiger partial charge in [-0.15, -0.1) is 4.98 Å². The monoisotopic (exact) mass is 404 g/mol. The van der Waals surface area contributed by atoms with E-state index in [2.05, 4.69) is 15.5 Å². The molecule has 1 amide bonds. The Morgan fingerprint density at radius 1 is 1.21 bits per heavy atom. The number of carbonyl (C=O) groups is 2. The van der Waals surface area contributed by atoms with Gasteiger partial charge in [-0.2, -0.15) is 0 Å². The Bertz CT molecular complexity index is 776. The van der Waals surface area contributed by atoms with Gasteiger partial charge in [0, 0.05) is 6.54 Å². The third kappa shape index (κ3) is 7.90. The highest BCUT2D eigenvalue weighted by molar-refractivity contribution is 5.98. The van der Waals surface area contributed by atoms with Gasteiger partial charge in [0.1, 0.15) is 13.2 Å². The van der Waals surface area contributed by atoms with Crippen LogP contribution in [-0.4, -0.2) is 60.2 Å². The lowest BCUT2D eigenvalue weighted by Gasteiger charge is -2.18. The zero-order valence-corrected chi connectivity index (χ0v) is 17.3. The first-order valence-corrected chi connectivity index (χ1v) is 9.47. The Morgan fingerprint density at radius 2 is 1.93 bits per heavy atom. The summed E-state index contributed by atoms with van der Waals surface area (Å²) in [6.07, 6.45) is -0.353. The Kier molecular flexibility index (Phi) is 8.60. The molecule has 1 heterocycles. The molecule has 2 rings (SSSR count). The van der Waals surface area contributed by atoms with E-state index in [0.717, 1.165) is 5.56 Å². The molecule has 0 fully saturated rings. The molecule has 0 radical (unpaired) electrons.